The van der Waals surface area contributed by atoms with Crippen molar-refractivity contribution in [2.75, 3.05) is 5.32 Å². The number of para-hydroxylation sites is 2. The number of carbonyl (C=O) groups excluding carboxylic acids is 2. The van der Waals surface area contributed by atoms with Gasteiger partial charge in [-0.1, -0.05) is 37.3 Å². The van der Waals surface area contributed by atoms with Crippen molar-refractivity contribution in [3.8, 4) is 5.75 Å². The third-order valence-corrected chi connectivity index (χ3v) is 3.88. The average Bonchev–Trinajstić information content (AvgIpc) is 2.60. The Kier molecular flexibility index (Phi) is 6.78. The van der Waals surface area contributed by atoms with Gasteiger partial charge in [0.2, 0.25) is 0 Å². The Bertz CT molecular complexity index is 771. The molecule has 2 rings (SSSR count). The quantitative estimate of drug-likeness (QED) is 0.792. The Morgan fingerprint density at radius 3 is 2.35 bits per heavy atom. The van der Waals surface area contributed by atoms with Crippen LogP contribution in [0.4, 0.5) is 5.69 Å². The highest BCUT2D eigenvalue weighted by Gasteiger charge is 2.21. The fourth-order valence-electron chi connectivity index (χ4n) is 2.51. The summed E-state index contributed by atoms with van der Waals surface area (Å²) in [6.45, 7) is 7.61. The number of hydrogen-bond acceptors (Lipinski definition) is 3. The summed E-state index contributed by atoms with van der Waals surface area (Å²) in [6, 6.07) is 14.5. The molecule has 0 spiro atoms. The highest BCUT2D eigenvalue weighted by atomic mass is 16.5. The molecular formula is C21H26N2O3. The number of nitrogens with one attached hydrogen (secondary N) is 2. The molecule has 0 saturated heterocycles. The number of amides is 2. The largest absolute Gasteiger partial charge is 0.480 e. The van der Waals surface area contributed by atoms with Gasteiger partial charge >= 0.3 is 0 Å². The molecule has 2 aromatic rings. The van der Waals surface area contributed by atoms with Gasteiger partial charge in [-0.3, -0.25) is 9.59 Å². The summed E-state index contributed by atoms with van der Waals surface area (Å²) in [5, 5.41) is 5.67. The fraction of sp³-hybridized carbons (Fsp3) is 0.333. The summed E-state index contributed by atoms with van der Waals surface area (Å²) in [4.78, 5) is 25.0. The van der Waals surface area contributed by atoms with Crippen LogP contribution < -0.4 is 15.4 Å². The van der Waals surface area contributed by atoms with Crippen molar-refractivity contribution in [3.05, 3.63) is 59.7 Å². The van der Waals surface area contributed by atoms with Gasteiger partial charge in [-0.25, -0.2) is 0 Å². The minimum absolute atomic E-state index is 0.0130. The lowest BCUT2D eigenvalue weighted by Crippen LogP contribution is -2.34. The van der Waals surface area contributed by atoms with Crippen LogP contribution in [0.2, 0.25) is 0 Å². The molecule has 26 heavy (non-hydrogen) atoms. The zero-order valence-electron chi connectivity index (χ0n) is 15.7. The van der Waals surface area contributed by atoms with Crippen LogP contribution in [0.5, 0.6) is 5.75 Å². The van der Waals surface area contributed by atoms with E-state index < -0.39 is 6.10 Å². The molecule has 5 nitrogen and oxygen atoms in total. The monoisotopic (exact) mass is 354 g/mol. The van der Waals surface area contributed by atoms with E-state index in [2.05, 4.69) is 10.6 Å². The second-order valence-corrected chi connectivity index (χ2v) is 6.44. The summed E-state index contributed by atoms with van der Waals surface area (Å²) >= 11 is 0. The maximum absolute atomic E-state index is 12.7. The molecule has 2 amide bonds. The number of benzene rings is 2. The first-order chi connectivity index (χ1) is 12.4. The van der Waals surface area contributed by atoms with Crippen LogP contribution in [0.25, 0.3) is 0 Å². The summed E-state index contributed by atoms with van der Waals surface area (Å²) in [5.74, 6) is 0.185. The van der Waals surface area contributed by atoms with Crippen molar-refractivity contribution in [3.63, 3.8) is 0 Å². The van der Waals surface area contributed by atoms with Crippen molar-refractivity contribution < 1.29 is 14.3 Å². The zero-order chi connectivity index (χ0) is 19.1. The number of anilines is 1. The molecular weight excluding hydrogens is 328 g/mol. The minimum Gasteiger partial charge on any atom is -0.480 e. The van der Waals surface area contributed by atoms with Crippen LogP contribution in [0.1, 0.15) is 43.1 Å². The molecule has 2 aromatic carbocycles. The number of hydrogen-bond donors (Lipinski definition) is 2. The topological polar surface area (TPSA) is 67.4 Å². The van der Waals surface area contributed by atoms with Crippen molar-refractivity contribution in [1.82, 2.24) is 5.32 Å². The maximum Gasteiger partial charge on any atom is 0.265 e. The van der Waals surface area contributed by atoms with Crippen LogP contribution >= 0.6 is 0 Å². The van der Waals surface area contributed by atoms with Gasteiger partial charge in [0.1, 0.15) is 5.75 Å². The summed E-state index contributed by atoms with van der Waals surface area (Å²) < 4.78 is 5.88. The smallest absolute Gasteiger partial charge is 0.265 e. The van der Waals surface area contributed by atoms with Gasteiger partial charge in [0.15, 0.2) is 6.10 Å². The molecule has 5 heteroatoms. The Morgan fingerprint density at radius 2 is 1.69 bits per heavy atom. The van der Waals surface area contributed by atoms with E-state index in [9.17, 15) is 9.59 Å². The van der Waals surface area contributed by atoms with Crippen LogP contribution in [-0.4, -0.2) is 24.0 Å². The first kappa shape index (κ1) is 19.5. The summed E-state index contributed by atoms with van der Waals surface area (Å²) in [5.41, 5.74) is 1.87. The van der Waals surface area contributed by atoms with E-state index in [0.717, 1.165) is 5.56 Å². The van der Waals surface area contributed by atoms with E-state index in [4.69, 9.17) is 4.74 Å². The second kappa shape index (κ2) is 9.04. The van der Waals surface area contributed by atoms with Gasteiger partial charge in [-0.2, -0.15) is 0 Å². The van der Waals surface area contributed by atoms with Gasteiger partial charge in [0, 0.05) is 6.04 Å². The van der Waals surface area contributed by atoms with E-state index in [1.165, 1.54) is 0 Å². The van der Waals surface area contributed by atoms with Crippen molar-refractivity contribution >= 4 is 17.5 Å². The van der Waals surface area contributed by atoms with Gasteiger partial charge in [-0.05, 0) is 51.0 Å². The molecule has 138 valence electrons. The van der Waals surface area contributed by atoms with Crippen molar-refractivity contribution in [1.29, 1.82) is 0 Å². The summed E-state index contributed by atoms with van der Waals surface area (Å²) in [7, 11) is 0. The Morgan fingerprint density at radius 1 is 1.04 bits per heavy atom. The van der Waals surface area contributed by atoms with Crippen LogP contribution in [-0.2, 0) is 4.79 Å². The lowest BCUT2D eigenvalue weighted by molar-refractivity contribution is -0.122. The Labute approximate surface area is 154 Å². The molecule has 0 fully saturated rings. The number of aryl methyl sites for hydroxylation is 1. The first-order valence-electron chi connectivity index (χ1n) is 8.85. The summed E-state index contributed by atoms with van der Waals surface area (Å²) in [6.07, 6.45) is -0.127. The Hall–Kier alpha value is -2.82. The third-order valence-electron chi connectivity index (χ3n) is 3.88. The molecule has 0 radical (unpaired) electrons. The molecule has 0 heterocycles. The maximum atomic E-state index is 12.7. The van der Waals surface area contributed by atoms with Gasteiger partial charge in [0.05, 0.1) is 11.3 Å². The average molecular weight is 354 g/mol. The molecule has 2 N–H and O–H groups in total. The molecule has 0 saturated carbocycles. The lowest BCUT2D eigenvalue weighted by atomic mass is 10.1. The molecule has 0 bridgehead atoms. The van der Waals surface area contributed by atoms with E-state index in [0.29, 0.717) is 23.4 Å². The minimum atomic E-state index is -0.641. The van der Waals surface area contributed by atoms with E-state index >= 15 is 0 Å². The predicted octanol–water partition coefficient (Wildman–Crippen LogP) is 3.93. The predicted molar refractivity (Wildman–Crippen MR) is 104 cm³/mol. The van der Waals surface area contributed by atoms with E-state index in [1.54, 1.807) is 24.3 Å². The molecule has 0 aromatic heterocycles. The molecule has 0 aliphatic heterocycles. The zero-order valence-corrected chi connectivity index (χ0v) is 15.7. The van der Waals surface area contributed by atoms with E-state index in [-0.39, 0.29) is 17.9 Å². The number of rotatable bonds is 7. The Balaban J connectivity index is 2.15. The number of carbonyl (C=O) groups is 2. The van der Waals surface area contributed by atoms with Crippen molar-refractivity contribution in [2.24, 2.45) is 0 Å². The molecule has 1 atom stereocenters. The SMILES string of the molecule is CCC(Oc1ccccc1C)C(=O)Nc1ccccc1C(=O)NC(C)C. The fourth-order valence-corrected chi connectivity index (χ4v) is 2.51. The molecule has 0 aliphatic rings. The normalized spacial score (nSPS) is 11.7. The van der Waals surface area contributed by atoms with E-state index in [1.807, 2.05) is 52.0 Å². The third kappa shape index (κ3) is 5.09. The van der Waals surface area contributed by atoms with Crippen LogP contribution in [0.15, 0.2) is 48.5 Å². The highest BCUT2D eigenvalue weighted by molar-refractivity contribution is 6.04. The van der Waals surface area contributed by atoms with Gasteiger partial charge < -0.3 is 15.4 Å². The number of ether oxygens (including phenoxy) is 1. The first-order valence-corrected chi connectivity index (χ1v) is 8.85. The second-order valence-electron chi connectivity index (χ2n) is 6.44. The molecule has 1 unspecified atom stereocenters. The molecule has 0 aliphatic carbocycles. The van der Waals surface area contributed by atoms with Gasteiger partial charge in [0.25, 0.3) is 11.8 Å². The van der Waals surface area contributed by atoms with Crippen LogP contribution in [0.3, 0.4) is 0 Å². The highest BCUT2D eigenvalue weighted by Crippen LogP contribution is 2.21. The lowest BCUT2D eigenvalue weighted by Gasteiger charge is -2.19. The van der Waals surface area contributed by atoms with Gasteiger partial charge in [-0.15, -0.1) is 0 Å². The van der Waals surface area contributed by atoms with Crippen LogP contribution in [0, 0.1) is 6.92 Å². The standard InChI is InChI=1S/C21H26N2O3/c1-5-18(26-19-13-9-6-10-15(19)4)21(25)23-17-12-8-7-11-16(17)20(24)22-14(2)3/h6-14,18H,5H2,1-4H3,(H,22,24)(H,23,25). The van der Waals surface area contributed by atoms with Crippen molar-refractivity contribution in [2.45, 2.75) is 46.3 Å².